The molecule has 0 saturated carbocycles. The van der Waals surface area contributed by atoms with Gasteiger partial charge in [0.2, 0.25) is 0 Å². The molecular formula is C6H16N2O. The molecule has 0 heterocycles. The second kappa shape index (κ2) is 4.73. The summed E-state index contributed by atoms with van der Waals surface area (Å²) in [6.07, 6.45) is 0. The molecule has 2 atom stereocenters. The number of nitrogens with two attached hydrogens (primary N) is 2. The van der Waals surface area contributed by atoms with E-state index in [-0.39, 0.29) is 12.1 Å². The Morgan fingerprint density at radius 2 is 1.44 bits per heavy atom. The molecule has 3 heteroatoms. The molecule has 3 nitrogen and oxygen atoms in total. The summed E-state index contributed by atoms with van der Waals surface area (Å²) < 4.78 is 5.11. The van der Waals surface area contributed by atoms with Crippen molar-refractivity contribution in [2.45, 2.75) is 25.9 Å². The minimum atomic E-state index is 0.115. The zero-order valence-corrected chi connectivity index (χ0v) is 6.13. The molecule has 56 valence electrons. The largest absolute Gasteiger partial charge is 0.378 e. The van der Waals surface area contributed by atoms with E-state index in [4.69, 9.17) is 16.2 Å². The van der Waals surface area contributed by atoms with E-state index in [0.29, 0.717) is 13.2 Å². The first-order valence-corrected chi connectivity index (χ1v) is 3.22. The fourth-order valence-electron chi connectivity index (χ4n) is 0.440. The first-order valence-electron chi connectivity index (χ1n) is 3.22. The molecule has 4 N–H and O–H groups in total. The van der Waals surface area contributed by atoms with Gasteiger partial charge in [-0.25, -0.2) is 0 Å². The van der Waals surface area contributed by atoms with Gasteiger partial charge in [0.05, 0.1) is 13.2 Å². The van der Waals surface area contributed by atoms with Gasteiger partial charge in [-0.1, -0.05) is 0 Å². The average Bonchev–Trinajstić information content (AvgIpc) is 1.63. The van der Waals surface area contributed by atoms with Gasteiger partial charge in [-0.15, -0.1) is 0 Å². The summed E-state index contributed by atoms with van der Waals surface area (Å²) in [7, 11) is 0. The van der Waals surface area contributed by atoms with Crippen LogP contribution >= 0.6 is 0 Å². The van der Waals surface area contributed by atoms with E-state index in [9.17, 15) is 0 Å². The third-order valence-electron chi connectivity index (χ3n) is 0.761. The van der Waals surface area contributed by atoms with Gasteiger partial charge >= 0.3 is 0 Å². The van der Waals surface area contributed by atoms with Crippen LogP contribution < -0.4 is 11.5 Å². The van der Waals surface area contributed by atoms with E-state index >= 15 is 0 Å². The monoisotopic (exact) mass is 132 g/mol. The summed E-state index contributed by atoms with van der Waals surface area (Å²) >= 11 is 0. The summed E-state index contributed by atoms with van der Waals surface area (Å²) in [4.78, 5) is 0. The summed E-state index contributed by atoms with van der Waals surface area (Å²) in [6.45, 7) is 5.01. The van der Waals surface area contributed by atoms with Crippen LogP contribution in [-0.2, 0) is 4.74 Å². The maximum Gasteiger partial charge on any atom is 0.0615 e. The third kappa shape index (κ3) is 7.88. The van der Waals surface area contributed by atoms with Crippen molar-refractivity contribution >= 4 is 0 Å². The van der Waals surface area contributed by atoms with Crippen LogP contribution in [0.4, 0.5) is 0 Å². The van der Waals surface area contributed by atoms with Gasteiger partial charge in [-0.2, -0.15) is 0 Å². The number of hydrogen-bond acceptors (Lipinski definition) is 3. The van der Waals surface area contributed by atoms with Crippen molar-refractivity contribution in [2.75, 3.05) is 13.2 Å². The molecule has 0 spiro atoms. The Labute approximate surface area is 56.4 Å². The predicted octanol–water partition coefficient (Wildman–Crippen LogP) is -0.303. The average molecular weight is 132 g/mol. The van der Waals surface area contributed by atoms with Crippen molar-refractivity contribution < 1.29 is 4.74 Å². The molecule has 0 radical (unpaired) electrons. The molecule has 0 fully saturated rings. The van der Waals surface area contributed by atoms with Crippen molar-refractivity contribution in [2.24, 2.45) is 11.5 Å². The third-order valence-corrected chi connectivity index (χ3v) is 0.761. The zero-order chi connectivity index (χ0) is 7.28. The maximum absolute atomic E-state index is 5.41. The van der Waals surface area contributed by atoms with Crippen LogP contribution in [0.25, 0.3) is 0 Å². The van der Waals surface area contributed by atoms with Gasteiger partial charge in [0, 0.05) is 12.1 Å². The highest BCUT2D eigenvalue weighted by Crippen LogP contribution is 1.81. The molecule has 0 aliphatic heterocycles. The lowest BCUT2D eigenvalue weighted by molar-refractivity contribution is 0.115. The van der Waals surface area contributed by atoms with Crippen molar-refractivity contribution in [1.29, 1.82) is 0 Å². The fraction of sp³-hybridized carbons (Fsp3) is 1.00. The molecule has 0 rings (SSSR count). The molecule has 0 aromatic rings. The van der Waals surface area contributed by atoms with Crippen molar-refractivity contribution in [3.63, 3.8) is 0 Å². The number of rotatable bonds is 4. The summed E-state index contributed by atoms with van der Waals surface area (Å²) in [5.74, 6) is 0. The highest BCUT2D eigenvalue weighted by atomic mass is 16.5. The van der Waals surface area contributed by atoms with Crippen molar-refractivity contribution in [1.82, 2.24) is 0 Å². The Balaban J connectivity index is 2.91. The Hall–Kier alpha value is -0.120. The van der Waals surface area contributed by atoms with Crippen LogP contribution in [0, 0.1) is 0 Å². The molecule has 0 bridgehead atoms. The van der Waals surface area contributed by atoms with Gasteiger partial charge in [0.15, 0.2) is 0 Å². The van der Waals surface area contributed by atoms with Crippen LogP contribution in [0.2, 0.25) is 0 Å². The minimum Gasteiger partial charge on any atom is -0.378 e. The topological polar surface area (TPSA) is 61.3 Å². The second-order valence-electron chi connectivity index (χ2n) is 2.49. The van der Waals surface area contributed by atoms with E-state index in [0.717, 1.165) is 0 Å². The standard InChI is InChI=1S/C6H16N2O/c1-5(7)3-9-4-6(2)8/h5-6H,3-4,7-8H2,1-2H3. The highest BCUT2D eigenvalue weighted by molar-refractivity contribution is 4.52. The van der Waals surface area contributed by atoms with Gasteiger partial charge in [-0.05, 0) is 13.8 Å². The fourth-order valence-corrected chi connectivity index (χ4v) is 0.440. The van der Waals surface area contributed by atoms with E-state index in [2.05, 4.69) is 0 Å². The quantitative estimate of drug-likeness (QED) is 0.552. The number of ether oxygens (including phenoxy) is 1. The first kappa shape index (κ1) is 8.88. The Morgan fingerprint density at radius 1 is 1.11 bits per heavy atom. The molecule has 0 saturated heterocycles. The molecular weight excluding hydrogens is 116 g/mol. The second-order valence-corrected chi connectivity index (χ2v) is 2.49. The maximum atomic E-state index is 5.41. The van der Waals surface area contributed by atoms with E-state index in [1.807, 2.05) is 13.8 Å². The lowest BCUT2D eigenvalue weighted by Crippen LogP contribution is -2.27. The lowest BCUT2D eigenvalue weighted by atomic mass is 10.4. The molecule has 0 amide bonds. The normalized spacial score (nSPS) is 17.3. The molecule has 0 aromatic heterocycles. The van der Waals surface area contributed by atoms with Crippen LogP contribution in [-0.4, -0.2) is 25.3 Å². The minimum absolute atomic E-state index is 0.115. The Kier molecular flexibility index (Phi) is 4.67. The van der Waals surface area contributed by atoms with Gasteiger partial charge in [0.1, 0.15) is 0 Å². The van der Waals surface area contributed by atoms with Crippen molar-refractivity contribution in [3.05, 3.63) is 0 Å². The highest BCUT2D eigenvalue weighted by Gasteiger charge is 1.95. The van der Waals surface area contributed by atoms with Crippen LogP contribution in [0.3, 0.4) is 0 Å². The van der Waals surface area contributed by atoms with E-state index in [1.54, 1.807) is 0 Å². The lowest BCUT2D eigenvalue weighted by Gasteiger charge is -2.08. The smallest absolute Gasteiger partial charge is 0.0615 e. The molecule has 9 heavy (non-hydrogen) atoms. The predicted molar refractivity (Wildman–Crippen MR) is 38.1 cm³/mol. The Bertz CT molecular complexity index is 56.1. The first-order chi connectivity index (χ1) is 4.13. The Morgan fingerprint density at radius 3 is 1.67 bits per heavy atom. The molecule has 0 aliphatic carbocycles. The summed E-state index contributed by atoms with van der Waals surface area (Å²) in [5.41, 5.74) is 10.8. The van der Waals surface area contributed by atoms with E-state index < -0.39 is 0 Å². The number of hydrogen-bond donors (Lipinski definition) is 2. The van der Waals surface area contributed by atoms with Gasteiger partial charge in [0.25, 0.3) is 0 Å². The molecule has 0 aliphatic rings. The molecule has 2 unspecified atom stereocenters. The summed E-state index contributed by atoms with van der Waals surface area (Å²) in [5, 5.41) is 0. The summed E-state index contributed by atoms with van der Waals surface area (Å²) in [6, 6.07) is 0.229. The zero-order valence-electron chi connectivity index (χ0n) is 6.13. The van der Waals surface area contributed by atoms with Crippen molar-refractivity contribution in [3.8, 4) is 0 Å². The van der Waals surface area contributed by atoms with E-state index in [1.165, 1.54) is 0 Å². The van der Waals surface area contributed by atoms with Crippen LogP contribution in [0.1, 0.15) is 13.8 Å². The van der Waals surface area contributed by atoms with Crippen LogP contribution in [0.15, 0.2) is 0 Å². The van der Waals surface area contributed by atoms with Gasteiger partial charge in [-0.3, -0.25) is 0 Å². The van der Waals surface area contributed by atoms with Crippen LogP contribution in [0.5, 0.6) is 0 Å². The molecule has 0 aromatic carbocycles. The van der Waals surface area contributed by atoms with Gasteiger partial charge < -0.3 is 16.2 Å². The SMILES string of the molecule is CC(N)COCC(C)N.